The van der Waals surface area contributed by atoms with Gasteiger partial charge in [0, 0.05) is 44.0 Å². The van der Waals surface area contributed by atoms with Crippen LogP contribution in [-0.4, -0.2) is 35.0 Å². The number of amides is 1. The van der Waals surface area contributed by atoms with E-state index in [0.717, 1.165) is 36.6 Å². The molecule has 128 valence electrons. The third-order valence-corrected chi connectivity index (χ3v) is 3.96. The summed E-state index contributed by atoms with van der Waals surface area (Å²) < 4.78 is 0. The molecular weight excluding hydrogens is 300 g/mol. The molecule has 0 aliphatic rings. The van der Waals surface area contributed by atoms with E-state index in [4.69, 9.17) is 0 Å². The van der Waals surface area contributed by atoms with Crippen molar-refractivity contribution in [3.63, 3.8) is 0 Å². The van der Waals surface area contributed by atoms with E-state index < -0.39 is 0 Å². The summed E-state index contributed by atoms with van der Waals surface area (Å²) in [5, 5.41) is 2.90. The Morgan fingerprint density at radius 1 is 1.08 bits per heavy atom. The predicted molar refractivity (Wildman–Crippen MR) is 98.0 cm³/mol. The van der Waals surface area contributed by atoms with Crippen LogP contribution in [0.15, 0.2) is 36.7 Å². The molecule has 24 heavy (non-hydrogen) atoms. The first-order chi connectivity index (χ1) is 11.5. The van der Waals surface area contributed by atoms with Gasteiger partial charge in [-0.15, -0.1) is 0 Å². The second-order valence-corrected chi connectivity index (χ2v) is 5.95. The third-order valence-electron chi connectivity index (χ3n) is 3.96. The van der Waals surface area contributed by atoms with Crippen molar-refractivity contribution in [3.05, 3.63) is 42.2 Å². The van der Waals surface area contributed by atoms with E-state index >= 15 is 0 Å². The number of nitrogens with zero attached hydrogens (tertiary/aromatic N) is 3. The highest BCUT2D eigenvalue weighted by molar-refractivity contribution is 5.73. The highest BCUT2D eigenvalue weighted by Crippen LogP contribution is 2.20. The Bertz CT molecular complexity index is 648. The zero-order valence-corrected chi connectivity index (χ0v) is 14.9. The third kappa shape index (κ3) is 4.78. The fraction of sp³-hybridized carbons (Fsp3) is 0.421. The van der Waals surface area contributed by atoms with E-state index in [1.165, 1.54) is 5.56 Å². The van der Waals surface area contributed by atoms with E-state index in [0.29, 0.717) is 0 Å². The maximum Gasteiger partial charge on any atom is 0.225 e. The average molecular weight is 326 g/mol. The molecule has 2 rings (SSSR count). The summed E-state index contributed by atoms with van der Waals surface area (Å²) in [7, 11) is 0. The van der Waals surface area contributed by atoms with Gasteiger partial charge in [-0.25, -0.2) is 9.97 Å². The van der Waals surface area contributed by atoms with Crippen molar-refractivity contribution >= 4 is 11.9 Å². The van der Waals surface area contributed by atoms with E-state index in [2.05, 4.69) is 58.3 Å². The molecule has 0 fully saturated rings. The fourth-order valence-electron chi connectivity index (χ4n) is 2.72. The number of carbonyl (C=O) groups excluding carboxylic acids is 1. The van der Waals surface area contributed by atoms with Gasteiger partial charge in [0.05, 0.1) is 0 Å². The van der Waals surface area contributed by atoms with Crippen molar-refractivity contribution in [1.29, 1.82) is 0 Å². The second kappa shape index (κ2) is 8.43. The Kier molecular flexibility index (Phi) is 6.29. The fourth-order valence-corrected chi connectivity index (χ4v) is 2.72. The van der Waals surface area contributed by atoms with Crippen LogP contribution < -0.4 is 10.2 Å². The smallest absolute Gasteiger partial charge is 0.225 e. The van der Waals surface area contributed by atoms with E-state index in [9.17, 15) is 4.79 Å². The monoisotopic (exact) mass is 326 g/mol. The molecule has 0 bridgehead atoms. The first-order valence-corrected chi connectivity index (χ1v) is 8.46. The summed E-state index contributed by atoms with van der Waals surface area (Å²) in [5.41, 5.74) is 3.30. The highest BCUT2D eigenvalue weighted by atomic mass is 16.1. The molecule has 0 aliphatic heterocycles. The molecule has 1 aromatic carbocycles. The number of aromatic nitrogens is 2. The Labute approximate surface area is 144 Å². The molecule has 1 aromatic heterocycles. The van der Waals surface area contributed by atoms with Gasteiger partial charge in [-0.1, -0.05) is 24.3 Å². The normalized spacial score (nSPS) is 11.8. The zero-order valence-electron chi connectivity index (χ0n) is 14.9. The molecule has 1 heterocycles. The Morgan fingerprint density at radius 3 is 2.17 bits per heavy atom. The molecule has 0 radical (unpaired) electrons. The van der Waals surface area contributed by atoms with Crippen LogP contribution in [0.5, 0.6) is 0 Å². The van der Waals surface area contributed by atoms with Gasteiger partial charge in [-0.2, -0.15) is 0 Å². The number of hydrogen-bond donors (Lipinski definition) is 1. The molecule has 5 nitrogen and oxygen atoms in total. The van der Waals surface area contributed by atoms with Crippen LogP contribution in [0.1, 0.15) is 33.3 Å². The first kappa shape index (κ1) is 17.9. The lowest BCUT2D eigenvalue weighted by atomic mass is 10.0. The van der Waals surface area contributed by atoms with Crippen LogP contribution in [-0.2, 0) is 11.2 Å². The summed E-state index contributed by atoms with van der Waals surface area (Å²) in [6.07, 6.45) is 4.56. The van der Waals surface area contributed by atoms with Gasteiger partial charge in [-0.3, -0.25) is 4.79 Å². The van der Waals surface area contributed by atoms with Crippen LogP contribution >= 0.6 is 0 Å². The minimum Gasteiger partial charge on any atom is -0.354 e. The van der Waals surface area contributed by atoms with Gasteiger partial charge in [-0.05, 0) is 38.3 Å². The topological polar surface area (TPSA) is 58.1 Å². The van der Waals surface area contributed by atoms with Crippen LogP contribution in [0, 0.1) is 0 Å². The van der Waals surface area contributed by atoms with E-state index in [1.54, 1.807) is 6.92 Å². The van der Waals surface area contributed by atoms with Crippen LogP contribution in [0.4, 0.5) is 5.95 Å². The van der Waals surface area contributed by atoms with Gasteiger partial charge >= 0.3 is 0 Å². The standard InChI is InChI=1S/C19H26N4O/c1-5-23(6-2)19-20-12-18(13-21-19)17-9-7-16(8-10-17)11-14(3)22-15(4)24/h7-10,12-14H,5-6,11H2,1-4H3,(H,22,24). The molecule has 0 aliphatic carbocycles. The van der Waals surface area contributed by atoms with E-state index in [1.807, 2.05) is 19.3 Å². The molecule has 0 saturated carbocycles. The van der Waals surface area contributed by atoms with Crippen molar-refractivity contribution in [3.8, 4) is 11.1 Å². The van der Waals surface area contributed by atoms with Crippen molar-refractivity contribution in [1.82, 2.24) is 15.3 Å². The lowest BCUT2D eigenvalue weighted by molar-refractivity contribution is -0.119. The van der Waals surface area contributed by atoms with Crippen molar-refractivity contribution in [2.24, 2.45) is 0 Å². The molecule has 1 atom stereocenters. The molecule has 5 heteroatoms. The molecule has 1 amide bonds. The number of benzene rings is 1. The predicted octanol–water partition coefficient (Wildman–Crippen LogP) is 3.06. The van der Waals surface area contributed by atoms with Crippen LogP contribution in [0.3, 0.4) is 0 Å². The van der Waals surface area contributed by atoms with Crippen molar-refractivity contribution < 1.29 is 4.79 Å². The minimum atomic E-state index is 0.00422. The van der Waals surface area contributed by atoms with Gasteiger partial charge in [0.15, 0.2) is 0 Å². The molecular formula is C19H26N4O. The first-order valence-electron chi connectivity index (χ1n) is 8.46. The number of anilines is 1. The van der Waals surface area contributed by atoms with Gasteiger partial charge < -0.3 is 10.2 Å². The van der Waals surface area contributed by atoms with Gasteiger partial charge in [0.1, 0.15) is 0 Å². The van der Waals surface area contributed by atoms with Gasteiger partial charge in [0.2, 0.25) is 11.9 Å². The largest absolute Gasteiger partial charge is 0.354 e. The van der Waals surface area contributed by atoms with Crippen LogP contribution in [0.25, 0.3) is 11.1 Å². The average Bonchev–Trinajstić information content (AvgIpc) is 2.56. The molecule has 2 aromatic rings. The minimum absolute atomic E-state index is 0.00422. The van der Waals surface area contributed by atoms with Crippen molar-refractivity contribution in [2.75, 3.05) is 18.0 Å². The molecule has 0 spiro atoms. The Balaban J connectivity index is 2.06. The summed E-state index contributed by atoms with van der Waals surface area (Å²) in [6, 6.07) is 8.46. The summed E-state index contributed by atoms with van der Waals surface area (Å²) in [4.78, 5) is 22.1. The Morgan fingerprint density at radius 2 is 1.67 bits per heavy atom. The molecule has 1 N–H and O–H groups in total. The lowest BCUT2D eigenvalue weighted by Crippen LogP contribution is -2.31. The summed E-state index contributed by atoms with van der Waals surface area (Å²) >= 11 is 0. The SMILES string of the molecule is CCN(CC)c1ncc(-c2ccc(CC(C)NC(C)=O)cc2)cn1. The zero-order chi connectivity index (χ0) is 17.5. The maximum atomic E-state index is 11.1. The second-order valence-electron chi connectivity index (χ2n) is 5.95. The molecule has 0 saturated heterocycles. The number of carbonyl (C=O) groups is 1. The highest BCUT2D eigenvalue weighted by Gasteiger charge is 2.07. The molecule has 1 unspecified atom stereocenters. The number of rotatable bonds is 7. The lowest BCUT2D eigenvalue weighted by Gasteiger charge is -2.18. The van der Waals surface area contributed by atoms with Gasteiger partial charge in [0.25, 0.3) is 0 Å². The Hall–Kier alpha value is -2.43. The van der Waals surface area contributed by atoms with Crippen molar-refractivity contribution in [2.45, 2.75) is 40.2 Å². The van der Waals surface area contributed by atoms with E-state index in [-0.39, 0.29) is 11.9 Å². The van der Waals surface area contributed by atoms with Crippen LogP contribution in [0.2, 0.25) is 0 Å². The quantitative estimate of drug-likeness (QED) is 0.849. The summed E-state index contributed by atoms with van der Waals surface area (Å²) in [6.45, 7) is 9.55. The number of hydrogen-bond acceptors (Lipinski definition) is 4. The number of nitrogens with one attached hydrogen (secondary N) is 1. The summed E-state index contributed by atoms with van der Waals surface area (Å²) in [5.74, 6) is 0.772. The maximum absolute atomic E-state index is 11.1.